The highest BCUT2D eigenvalue weighted by Gasteiger charge is 2.45. The summed E-state index contributed by atoms with van der Waals surface area (Å²) in [5.41, 5.74) is 1.05. The number of pyridine rings is 1. The number of carbonyl (C=O) groups is 1. The van der Waals surface area contributed by atoms with Gasteiger partial charge in [0, 0.05) is 49.6 Å². The van der Waals surface area contributed by atoms with Crippen LogP contribution in [0.2, 0.25) is 0 Å². The lowest BCUT2D eigenvalue weighted by Crippen LogP contribution is -2.50. The summed E-state index contributed by atoms with van der Waals surface area (Å²) in [6.45, 7) is 2.46. The third kappa shape index (κ3) is 4.51. The topological polar surface area (TPSA) is 42.4 Å². The molecule has 0 bridgehead atoms. The molecule has 1 unspecified atom stereocenters. The van der Waals surface area contributed by atoms with E-state index in [1.807, 2.05) is 29.4 Å². The van der Waals surface area contributed by atoms with Crippen molar-refractivity contribution in [3.8, 4) is 0 Å². The van der Waals surface area contributed by atoms with Gasteiger partial charge in [-0.1, -0.05) is 30.3 Å². The highest BCUT2D eigenvalue weighted by molar-refractivity contribution is 5.88. The number of aromatic nitrogens is 1. The van der Waals surface area contributed by atoms with E-state index in [2.05, 4.69) is 23.2 Å². The van der Waals surface area contributed by atoms with Crippen molar-refractivity contribution in [1.29, 1.82) is 0 Å². The molecule has 2 aliphatic rings. The van der Waals surface area contributed by atoms with E-state index in [1.165, 1.54) is 22.4 Å². The van der Waals surface area contributed by atoms with E-state index >= 15 is 0 Å². The monoisotopic (exact) mass is 446 g/mol. The predicted molar refractivity (Wildman–Crippen MR) is 127 cm³/mol. The fourth-order valence-corrected chi connectivity index (χ4v) is 5.64. The van der Waals surface area contributed by atoms with Crippen LogP contribution in [-0.2, 0) is 21.4 Å². The van der Waals surface area contributed by atoms with Crippen LogP contribution in [0.1, 0.15) is 43.2 Å². The van der Waals surface area contributed by atoms with E-state index in [1.54, 1.807) is 12.1 Å². The van der Waals surface area contributed by atoms with Crippen molar-refractivity contribution < 1.29 is 13.9 Å². The summed E-state index contributed by atoms with van der Waals surface area (Å²) in [7, 11) is 0. The van der Waals surface area contributed by atoms with Crippen molar-refractivity contribution in [2.45, 2.75) is 43.9 Å². The number of nitrogens with zero attached hydrogens (tertiary/aromatic N) is 2. The number of carbonyl (C=O) groups excluding carboxylic acids is 1. The molecule has 1 amide bonds. The Morgan fingerprint density at radius 2 is 1.91 bits per heavy atom. The first-order valence-corrected chi connectivity index (χ1v) is 12.1. The van der Waals surface area contributed by atoms with Crippen LogP contribution in [0.4, 0.5) is 4.39 Å². The number of hydrogen-bond acceptors (Lipinski definition) is 3. The maximum atomic E-state index is 14.8. The largest absolute Gasteiger partial charge is 0.381 e. The van der Waals surface area contributed by atoms with Crippen LogP contribution in [0, 0.1) is 11.7 Å². The molecule has 0 radical (unpaired) electrons. The summed E-state index contributed by atoms with van der Waals surface area (Å²) in [6.07, 6.45) is 8.89. The minimum absolute atomic E-state index is 0.0772. The SMILES string of the molecule is O=C(N1CCCC(Cc2ccc3ccncc3c2)CC1)C1(c2ccccc2F)CCOCC1. The van der Waals surface area contributed by atoms with Crippen LogP contribution >= 0.6 is 0 Å². The van der Waals surface area contributed by atoms with Crippen molar-refractivity contribution in [2.75, 3.05) is 26.3 Å². The molecule has 2 aromatic carbocycles. The van der Waals surface area contributed by atoms with Gasteiger partial charge in [-0.3, -0.25) is 9.78 Å². The number of hydrogen-bond donors (Lipinski definition) is 0. The molecule has 3 aromatic rings. The standard InChI is InChI=1S/C28H31FN2O2/c29-26-6-2-1-5-25(26)28(11-16-33-17-12-28)27(32)31-14-3-4-21(10-15-31)18-22-7-8-23-9-13-30-20-24(23)19-22/h1-2,5-9,13,19-21H,3-4,10-12,14-18H2. The number of halogens is 1. The zero-order chi connectivity index (χ0) is 22.7. The molecule has 5 heteroatoms. The molecule has 0 spiro atoms. The van der Waals surface area contributed by atoms with Gasteiger partial charge in [0.25, 0.3) is 0 Å². The third-order valence-electron chi connectivity index (χ3n) is 7.51. The summed E-state index contributed by atoms with van der Waals surface area (Å²) in [6, 6.07) is 15.4. The number of ether oxygens (including phenoxy) is 1. The van der Waals surface area contributed by atoms with Crippen molar-refractivity contribution in [2.24, 2.45) is 5.92 Å². The van der Waals surface area contributed by atoms with Crippen LogP contribution in [0.15, 0.2) is 60.9 Å². The Hall–Kier alpha value is -2.79. The molecule has 172 valence electrons. The van der Waals surface area contributed by atoms with Crippen molar-refractivity contribution in [3.63, 3.8) is 0 Å². The van der Waals surface area contributed by atoms with E-state index in [9.17, 15) is 9.18 Å². The maximum Gasteiger partial charge on any atom is 0.233 e. The second-order valence-corrected chi connectivity index (χ2v) is 9.52. The molecule has 1 aromatic heterocycles. The molecule has 1 atom stereocenters. The van der Waals surface area contributed by atoms with Crippen LogP contribution in [-0.4, -0.2) is 42.1 Å². The molecule has 33 heavy (non-hydrogen) atoms. The molecule has 5 rings (SSSR count). The molecular formula is C28H31FN2O2. The zero-order valence-electron chi connectivity index (χ0n) is 19.0. The first-order chi connectivity index (χ1) is 16.2. The normalized spacial score (nSPS) is 21.0. The number of likely N-dealkylation sites (tertiary alicyclic amines) is 1. The van der Waals surface area contributed by atoms with E-state index in [0.29, 0.717) is 37.5 Å². The van der Waals surface area contributed by atoms with Crippen molar-refractivity contribution in [3.05, 3.63) is 77.9 Å². The quantitative estimate of drug-likeness (QED) is 0.547. The summed E-state index contributed by atoms with van der Waals surface area (Å²) < 4.78 is 20.4. The molecule has 2 aliphatic heterocycles. The number of amides is 1. The lowest BCUT2D eigenvalue weighted by atomic mass is 9.72. The summed E-state index contributed by atoms with van der Waals surface area (Å²) in [5, 5.41) is 2.38. The van der Waals surface area contributed by atoms with Gasteiger partial charge in [-0.2, -0.15) is 0 Å². The van der Waals surface area contributed by atoms with Gasteiger partial charge in [0.1, 0.15) is 5.82 Å². The fourth-order valence-electron chi connectivity index (χ4n) is 5.64. The van der Waals surface area contributed by atoms with Crippen molar-refractivity contribution >= 4 is 16.7 Å². The van der Waals surface area contributed by atoms with Crippen LogP contribution in [0.5, 0.6) is 0 Å². The smallest absolute Gasteiger partial charge is 0.233 e. The molecule has 0 N–H and O–H groups in total. The van der Waals surface area contributed by atoms with Gasteiger partial charge in [-0.15, -0.1) is 0 Å². The van der Waals surface area contributed by atoms with E-state index < -0.39 is 5.41 Å². The first kappa shape index (κ1) is 22.0. The third-order valence-corrected chi connectivity index (χ3v) is 7.51. The summed E-state index contributed by atoms with van der Waals surface area (Å²) in [5.74, 6) is 0.329. The summed E-state index contributed by atoms with van der Waals surface area (Å²) in [4.78, 5) is 20.1. The Balaban J connectivity index is 1.31. The van der Waals surface area contributed by atoms with Crippen molar-refractivity contribution in [1.82, 2.24) is 9.88 Å². The Kier molecular flexibility index (Phi) is 6.41. The van der Waals surface area contributed by atoms with E-state index in [-0.39, 0.29) is 11.7 Å². The highest BCUT2D eigenvalue weighted by Crippen LogP contribution is 2.39. The molecule has 0 saturated carbocycles. The Labute approximate surface area is 194 Å². The van der Waals surface area contributed by atoms with E-state index in [4.69, 9.17) is 4.74 Å². The lowest BCUT2D eigenvalue weighted by Gasteiger charge is -2.40. The molecule has 2 fully saturated rings. The number of rotatable bonds is 4. The Morgan fingerprint density at radius 1 is 1.06 bits per heavy atom. The minimum atomic E-state index is -0.811. The molecule has 4 nitrogen and oxygen atoms in total. The van der Waals surface area contributed by atoms with Crippen LogP contribution in [0.3, 0.4) is 0 Å². The molecular weight excluding hydrogens is 415 g/mol. The van der Waals surface area contributed by atoms with Crippen LogP contribution < -0.4 is 0 Å². The zero-order valence-corrected chi connectivity index (χ0v) is 19.0. The maximum absolute atomic E-state index is 14.8. The van der Waals surface area contributed by atoms with Gasteiger partial charge in [-0.25, -0.2) is 4.39 Å². The van der Waals surface area contributed by atoms with Gasteiger partial charge < -0.3 is 9.64 Å². The molecule has 0 aliphatic carbocycles. The first-order valence-electron chi connectivity index (χ1n) is 12.1. The molecule has 3 heterocycles. The van der Waals surface area contributed by atoms with Gasteiger partial charge in [0.05, 0.1) is 5.41 Å². The van der Waals surface area contributed by atoms with Gasteiger partial charge in [0.15, 0.2) is 0 Å². The predicted octanol–water partition coefficient (Wildman–Crippen LogP) is 5.29. The minimum Gasteiger partial charge on any atom is -0.381 e. The van der Waals surface area contributed by atoms with Crippen LogP contribution in [0.25, 0.3) is 10.8 Å². The number of benzene rings is 2. The van der Waals surface area contributed by atoms with Gasteiger partial charge >= 0.3 is 0 Å². The van der Waals surface area contributed by atoms with E-state index in [0.717, 1.165) is 38.8 Å². The molecule has 2 saturated heterocycles. The number of fused-ring (bicyclic) bond motifs is 1. The fraction of sp³-hybridized carbons (Fsp3) is 0.429. The van der Waals surface area contributed by atoms with Gasteiger partial charge in [-0.05, 0) is 73.6 Å². The Morgan fingerprint density at radius 3 is 2.76 bits per heavy atom. The second-order valence-electron chi connectivity index (χ2n) is 9.52. The average molecular weight is 447 g/mol. The summed E-state index contributed by atoms with van der Waals surface area (Å²) >= 11 is 0. The van der Waals surface area contributed by atoms with Gasteiger partial charge in [0.2, 0.25) is 5.91 Å². The average Bonchev–Trinajstić information content (AvgIpc) is 3.10. The second kappa shape index (κ2) is 9.60. The highest BCUT2D eigenvalue weighted by atomic mass is 19.1. The Bertz CT molecular complexity index is 1130. The lowest BCUT2D eigenvalue weighted by molar-refractivity contribution is -0.141.